The molecule has 0 radical (unpaired) electrons. The van der Waals surface area contributed by atoms with Crippen LogP contribution in [0.1, 0.15) is 32.3 Å². The summed E-state index contributed by atoms with van der Waals surface area (Å²) < 4.78 is 1.77. The molecule has 0 aliphatic rings. The van der Waals surface area contributed by atoms with E-state index in [0.29, 0.717) is 13.1 Å². The number of amides is 3. The first-order valence-corrected chi connectivity index (χ1v) is 8.48. The van der Waals surface area contributed by atoms with Gasteiger partial charge in [0.2, 0.25) is 5.91 Å². The van der Waals surface area contributed by atoms with Gasteiger partial charge in [-0.1, -0.05) is 19.1 Å². The molecule has 1 aromatic heterocycles. The van der Waals surface area contributed by atoms with Crippen molar-refractivity contribution in [3.63, 3.8) is 0 Å². The van der Waals surface area contributed by atoms with E-state index in [1.165, 1.54) is 0 Å². The fraction of sp³-hybridized carbons (Fsp3) is 0.389. The van der Waals surface area contributed by atoms with Gasteiger partial charge in [-0.3, -0.25) is 4.79 Å². The third kappa shape index (κ3) is 6.29. The Hall–Kier alpha value is -2.83. The third-order valence-corrected chi connectivity index (χ3v) is 3.82. The summed E-state index contributed by atoms with van der Waals surface area (Å²) in [5, 5.41) is 12.5. The van der Waals surface area contributed by atoms with Crippen LogP contribution < -0.4 is 16.0 Å². The van der Waals surface area contributed by atoms with Gasteiger partial charge >= 0.3 is 6.03 Å². The highest BCUT2D eigenvalue weighted by Crippen LogP contribution is 2.08. The molecule has 0 fully saturated rings. The van der Waals surface area contributed by atoms with Gasteiger partial charge in [-0.15, -0.1) is 0 Å². The number of benzene rings is 1. The fourth-order valence-corrected chi connectivity index (χ4v) is 2.17. The van der Waals surface area contributed by atoms with Crippen LogP contribution in [0.25, 0.3) is 5.69 Å². The van der Waals surface area contributed by atoms with Crippen LogP contribution >= 0.6 is 0 Å². The number of carbonyl (C=O) groups excluding carboxylic acids is 2. The first-order chi connectivity index (χ1) is 12.1. The van der Waals surface area contributed by atoms with Crippen molar-refractivity contribution in [2.24, 2.45) is 0 Å². The number of carbonyl (C=O) groups is 2. The molecule has 0 saturated carbocycles. The van der Waals surface area contributed by atoms with Crippen LogP contribution in [0.3, 0.4) is 0 Å². The monoisotopic (exact) mass is 343 g/mol. The Bertz CT molecular complexity index is 667. The second kappa shape index (κ2) is 9.46. The second-order valence-electron chi connectivity index (χ2n) is 5.85. The Morgan fingerprint density at radius 1 is 1.20 bits per heavy atom. The molecular weight excluding hydrogens is 318 g/mol. The Labute approximate surface area is 147 Å². The van der Waals surface area contributed by atoms with E-state index in [9.17, 15) is 9.59 Å². The van der Waals surface area contributed by atoms with Crippen molar-refractivity contribution in [3.05, 3.63) is 48.3 Å². The fourth-order valence-electron chi connectivity index (χ4n) is 2.17. The Kier molecular flexibility index (Phi) is 7.00. The molecule has 0 bridgehead atoms. The molecule has 1 atom stereocenters. The molecule has 0 spiro atoms. The molecule has 0 aliphatic carbocycles. The van der Waals surface area contributed by atoms with E-state index < -0.39 is 0 Å². The maximum Gasteiger partial charge on any atom is 0.315 e. The number of hydrogen-bond acceptors (Lipinski definition) is 3. The van der Waals surface area contributed by atoms with Gasteiger partial charge < -0.3 is 16.0 Å². The minimum Gasteiger partial charge on any atom is -0.354 e. The van der Waals surface area contributed by atoms with Gasteiger partial charge in [-0.05, 0) is 37.1 Å². The van der Waals surface area contributed by atoms with Gasteiger partial charge in [-0.25, -0.2) is 9.48 Å². The van der Waals surface area contributed by atoms with E-state index in [2.05, 4.69) is 21.0 Å². The maximum absolute atomic E-state index is 11.8. The highest BCUT2D eigenvalue weighted by Gasteiger charge is 2.06. The average molecular weight is 343 g/mol. The Morgan fingerprint density at radius 3 is 2.60 bits per heavy atom. The van der Waals surface area contributed by atoms with Crippen molar-refractivity contribution >= 4 is 11.9 Å². The van der Waals surface area contributed by atoms with Crippen molar-refractivity contribution in [2.45, 2.75) is 39.3 Å². The van der Waals surface area contributed by atoms with Crippen molar-refractivity contribution in [3.8, 4) is 5.69 Å². The standard InChI is InChI=1S/C18H25N5O2/c1-3-14(2)22-17(24)9-11-19-18(25)20-13-15-5-7-16(8-6-15)23-12-4-10-21-23/h4-8,10,12,14H,3,9,11,13H2,1-2H3,(H,22,24)(H2,19,20,25)/t14-/m0/s1. The molecule has 0 saturated heterocycles. The Balaban J connectivity index is 1.67. The van der Waals surface area contributed by atoms with Crippen LogP contribution in [0.2, 0.25) is 0 Å². The normalized spacial score (nSPS) is 11.6. The molecule has 3 N–H and O–H groups in total. The average Bonchev–Trinajstić information content (AvgIpc) is 3.15. The lowest BCUT2D eigenvalue weighted by atomic mass is 10.2. The van der Waals surface area contributed by atoms with Gasteiger partial charge in [0, 0.05) is 37.9 Å². The molecule has 7 heteroatoms. The zero-order chi connectivity index (χ0) is 18.1. The number of hydrogen-bond donors (Lipinski definition) is 3. The summed E-state index contributed by atoms with van der Waals surface area (Å²) in [7, 11) is 0. The predicted molar refractivity (Wildman–Crippen MR) is 96.3 cm³/mol. The van der Waals surface area contributed by atoms with Crippen LogP contribution in [-0.4, -0.2) is 34.3 Å². The molecule has 1 heterocycles. The first-order valence-electron chi connectivity index (χ1n) is 8.48. The highest BCUT2D eigenvalue weighted by molar-refractivity contribution is 5.78. The van der Waals surface area contributed by atoms with Gasteiger partial charge in [0.15, 0.2) is 0 Å². The van der Waals surface area contributed by atoms with Crippen LogP contribution in [-0.2, 0) is 11.3 Å². The van der Waals surface area contributed by atoms with Crippen molar-refractivity contribution in [2.75, 3.05) is 6.54 Å². The summed E-state index contributed by atoms with van der Waals surface area (Å²) >= 11 is 0. The molecule has 0 unspecified atom stereocenters. The summed E-state index contributed by atoms with van der Waals surface area (Å²) in [6.07, 6.45) is 4.76. The summed E-state index contributed by atoms with van der Waals surface area (Å²) in [6.45, 7) is 4.70. The number of nitrogens with zero attached hydrogens (tertiary/aromatic N) is 2. The Morgan fingerprint density at radius 2 is 1.96 bits per heavy atom. The quantitative estimate of drug-likeness (QED) is 0.685. The molecule has 25 heavy (non-hydrogen) atoms. The van der Waals surface area contributed by atoms with Gasteiger partial charge in [0.25, 0.3) is 0 Å². The molecule has 2 rings (SSSR count). The minimum atomic E-state index is -0.285. The van der Waals surface area contributed by atoms with Crippen LogP contribution in [0.15, 0.2) is 42.7 Å². The molecular formula is C18H25N5O2. The van der Waals surface area contributed by atoms with Crippen molar-refractivity contribution < 1.29 is 9.59 Å². The van der Waals surface area contributed by atoms with E-state index in [0.717, 1.165) is 17.7 Å². The van der Waals surface area contributed by atoms with Gasteiger partial charge in [0.05, 0.1) is 5.69 Å². The zero-order valence-electron chi connectivity index (χ0n) is 14.7. The largest absolute Gasteiger partial charge is 0.354 e. The van der Waals surface area contributed by atoms with Gasteiger partial charge in [0.1, 0.15) is 0 Å². The number of nitrogens with one attached hydrogen (secondary N) is 3. The third-order valence-electron chi connectivity index (χ3n) is 3.82. The molecule has 2 aromatic rings. The van der Waals surface area contributed by atoms with Crippen LogP contribution in [0.5, 0.6) is 0 Å². The van der Waals surface area contributed by atoms with Gasteiger partial charge in [-0.2, -0.15) is 5.10 Å². The van der Waals surface area contributed by atoms with Crippen molar-refractivity contribution in [1.29, 1.82) is 0 Å². The lowest BCUT2D eigenvalue weighted by Gasteiger charge is -2.12. The number of aromatic nitrogens is 2. The number of rotatable bonds is 8. The topological polar surface area (TPSA) is 88.0 Å². The van der Waals surface area contributed by atoms with E-state index in [-0.39, 0.29) is 24.4 Å². The van der Waals surface area contributed by atoms with E-state index in [1.807, 2.05) is 50.4 Å². The lowest BCUT2D eigenvalue weighted by molar-refractivity contribution is -0.121. The van der Waals surface area contributed by atoms with Crippen LogP contribution in [0.4, 0.5) is 4.79 Å². The zero-order valence-corrected chi connectivity index (χ0v) is 14.7. The summed E-state index contributed by atoms with van der Waals surface area (Å²) in [5.74, 6) is -0.0520. The molecule has 0 aliphatic heterocycles. The SMILES string of the molecule is CC[C@H](C)NC(=O)CCNC(=O)NCc1ccc(-n2cccn2)cc1. The summed E-state index contributed by atoms with van der Waals surface area (Å²) in [4.78, 5) is 23.4. The molecule has 7 nitrogen and oxygen atoms in total. The highest BCUT2D eigenvalue weighted by atomic mass is 16.2. The van der Waals surface area contributed by atoms with Crippen molar-refractivity contribution in [1.82, 2.24) is 25.7 Å². The van der Waals surface area contributed by atoms with E-state index in [4.69, 9.17) is 0 Å². The predicted octanol–water partition coefficient (Wildman–Crippen LogP) is 1.98. The second-order valence-corrected chi connectivity index (χ2v) is 5.85. The molecule has 1 aromatic carbocycles. The minimum absolute atomic E-state index is 0.0520. The maximum atomic E-state index is 11.8. The molecule has 134 valence electrons. The number of urea groups is 1. The van der Waals surface area contributed by atoms with E-state index >= 15 is 0 Å². The lowest BCUT2D eigenvalue weighted by Crippen LogP contribution is -2.38. The van der Waals surface area contributed by atoms with E-state index in [1.54, 1.807) is 10.9 Å². The smallest absolute Gasteiger partial charge is 0.315 e. The van der Waals surface area contributed by atoms with Crippen LogP contribution in [0, 0.1) is 0 Å². The summed E-state index contributed by atoms with van der Waals surface area (Å²) in [5.41, 5.74) is 1.95. The summed E-state index contributed by atoms with van der Waals surface area (Å²) in [6, 6.07) is 9.51. The molecule has 3 amide bonds. The first kappa shape index (κ1) is 18.5.